The minimum Gasteiger partial charge on any atom is -0.348 e. The maximum atomic E-state index is 10.9. The molecule has 1 aromatic carbocycles. The van der Waals surface area contributed by atoms with Crippen LogP contribution >= 0.6 is 0 Å². The fourth-order valence-electron chi connectivity index (χ4n) is 1.34. The number of nitrogens with two attached hydrogens (primary N) is 1. The summed E-state index contributed by atoms with van der Waals surface area (Å²) in [4.78, 5) is 18.3. The molecule has 0 saturated carbocycles. The quantitative estimate of drug-likeness (QED) is 0.770. The van der Waals surface area contributed by atoms with Crippen LogP contribution in [0.25, 0.3) is 11.0 Å². The number of nitrogens with one attached hydrogen (secondary N) is 2. The Morgan fingerprint density at radius 2 is 2.06 bits per heavy atom. The van der Waals surface area contributed by atoms with Crippen molar-refractivity contribution in [3.63, 3.8) is 0 Å². The predicted octanol–water partition coefficient (Wildman–Crippen LogP) is 1.55. The third-order valence-electron chi connectivity index (χ3n) is 2.08. The molecule has 0 aliphatic heterocycles. The highest BCUT2D eigenvalue weighted by molar-refractivity contribution is 5.78. The zero-order valence-corrected chi connectivity index (χ0v) is 10.9. The Balaban J connectivity index is 0.000000492. The van der Waals surface area contributed by atoms with E-state index in [1.807, 2.05) is 24.3 Å². The molecule has 5 nitrogen and oxygen atoms in total. The molecule has 0 saturated heterocycles. The van der Waals surface area contributed by atoms with Crippen LogP contribution in [0.5, 0.6) is 0 Å². The third-order valence-corrected chi connectivity index (χ3v) is 2.08. The molecule has 0 radical (unpaired) electrons. The standard InChI is InChI=1S/C10H12N4O.C3H8/c11-5-10(15)12-6-9-13-7-3-1-2-4-8(7)14-9;1-3-2/h1-4H,5-6,11H2,(H,12,15)(H,13,14);3H2,1-2H3. The smallest absolute Gasteiger partial charge is 0.234 e. The van der Waals surface area contributed by atoms with Crippen molar-refractivity contribution in [2.24, 2.45) is 5.73 Å². The van der Waals surface area contributed by atoms with E-state index in [2.05, 4.69) is 29.1 Å². The van der Waals surface area contributed by atoms with E-state index in [4.69, 9.17) is 5.73 Å². The molecule has 0 bridgehead atoms. The Morgan fingerprint density at radius 3 is 2.67 bits per heavy atom. The average molecular weight is 248 g/mol. The van der Waals surface area contributed by atoms with Gasteiger partial charge in [-0.05, 0) is 12.1 Å². The minimum absolute atomic E-state index is 0.000227. The predicted molar refractivity (Wildman–Crippen MR) is 73.0 cm³/mol. The van der Waals surface area contributed by atoms with Gasteiger partial charge < -0.3 is 16.0 Å². The van der Waals surface area contributed by atoms with Gasteiger partial charge in [0.05, 0.1) is 24.1 Å². The number of amides is 1. The number of aromatic nitrogens is 2. The molecular weight excluding hydrogens is 228 g/mol. The number of imidazole rings is 1. The second-order valence-electron chi connectivity index (χ2n) is 3.89. The molecule has 2 aromatic rings. The van der Waals surface area contributed by atoms with Crippen LogP contribution in [0.2, 0.25) is 0 Å². The summed E-state index contributed by atoms with van der Waals surface area (Å²) in [5.74, 6) is 0.549. The number of carbonyl (C=O) groups excluding carboxylic acids is 1. The summed E-state index contributed by atoms with van der Waals surface area (Å²) in [7, 11) is 0. The number of fused-ring (bicyclic) bond motifs is 1. The van der Waals surface area contributed by atoms with Gasteiger partial charge in [-0.3, -0.25) is 4.79 Å². The van der Waals surface area contributed by atoms with Crippen molar-refractivity contribution in [2.75, 3.05) is 6.54 Å². The van der Waals surface area contributed by atoms with E-state index < -0.39 is 0 Å². The normalized spacial score (nSPS) is 9.72. The first-order valence-corrected chi connectivity index (χ1v) is 6.11. The summed E-state index contributed by atoms with van der Waals surface area (Å²) in [5, 5.41) is 2.65. The van der Waals surface area contributed by atoms with Crippen LogP contribution < -0.4 is 11.1 Å². The van der Waals surface area contributed by atoms with E-state index in [0.717, 1.165) is 16.9 Å². The van der Waals surface area contributed by atoms with E-state index in [-0.39, 0.29) is 12.5 Å². The molecular formula is C13H20N4O. The summed E-state index contributed by atoms with van der Waals surface area (Å²) in [5.41, 5.74) is 7.03. The molecule has 1 heterocycles. The van der Waals surface area contributed by atoms with E-state index in [1.54, 1.807) is 0 Å². The van der Waals surface area contributed by atoms with E-state index in [0.29, 0.717) is 6.54 Å². The lowest BCUT2D eigenvalue weighted by Crippen LogP contribution is -2.30. The number of aromatic amines is 1. The Morgan fingerprint density at radius 1 is 1.39 bits per heavy atom. The first kappa shape index (κ1) is 14.2. The summed E-state index contributed by atoms with van der Waals surface area (Å²) in [6, 6.07) is 7.71. The van der Waals surface area contributed by atoms with Gasteiger partial charge >= 0.3 is 0 Å². The van der Waals surface area contributed by atoms with Crippen molar-refractivity contribution in [1.29, 1.82) is 0 Å². The van der Waals surface area contributed by atoms with Gasteiger partial charge in [-0.1, -0.05) is 32.4 Å². The Labute approximate surface area is 107 Å². The molecule has 1 aromatic heterocycles. The fourth-order valence-corrected chi connectivity index (χ4v) is 1.34. The molecule has 2 rings (SSSR count). The Kier molecular flexibility index (Phi) is 5.87. The number of benzene rings is 1. The topological polar surface area (TPSA) is 83.8 Å². The number of para-hydroxylation sites is 2. The lowest BCUT2D eigenvalue weighted by Gasteiger charge is -1.98. The molecule has 0 aliphatic carbocycles. The first-order valence-electron chi connectivity index (χ1n) is 6.11. The zero-order chi connectivity index (χ0) is 13.4. The van der Waals surface area contributed by atoms with Crippen molar-refractivity contribution in [2.45, 2.75) is 26.8 Å². The van der Waals surface area contributed by atoms with Crippen molar-refractivity contribution < 1.29 is 4.79 Å². The number of nitrogens with zero attached hydrogens (tertiary/aromatic N) is 1. The molecule has 0 spiro atoms. The van der Waals surface area contributed by atoms with Gasteiger partial charge in [0.2, 0.25) is 5.91 Å². The molecule has 0 aliphatic rings. The fraction of sp³-hybridized carbons (Fsp3) is 0.385. The van der Waals surface area contributed by atoms with Crippen LogP contribution in [-0.4, -0.2) is 22.4 Å². The van der Waals surface area contributed by atoms with Gasteiger partial charge in [-0.15, -0.1) is 0 Å². The van der Waals surface area contributed by atoms with E-state index >= 15 is 0 Å². The van der Waals surface area contributed by atoms with Crippen LogP contribution in [0, 0.1) is 0 Å². The maximum absolute atomic E-state index is 10.9. The van der Waals surface area contributed by atoms with Crippen LogP contribution in [0.4, 0.5) is 0 Å². The number of carbonyl (C=O) groups is 1. The molecule has 0 unspecified atom stereocenters. The number of H-pyrrole nitrogens is 1. The van der Waals surface area contributed by atoms with Crippen molar-refractivity contribution in [1.82, 2.24) is 15.3 Å². The van der Waals surface area contributed by atoms with Gasteiger partial charge in [0.1, 0.15) is 5.82 Å². The third kappa shape index (κ3) is 4.18. The maximum Gasteiger partial charge on any atom is 0.234 e. The summed E-state index contributed by atoms with van der Waals surface area (Å²) >= 11 is 0. The second-order valence-corrected chi connectivity index (χ2v) is 3.89. The molecule has 18 heavy (non-hydrogen) atoms. The second kappa shape index (κ2) is 7.45. The zero-order valence-electron chi connectivity index (χ0n) is 10.9. The summed E-state index contributed by atoms with van der Waals surface area (Å²) in [6.07, 6.45) is 1.25. The molecule has 1 amide bonds. The molecule has 98 valence electrons. The lowest BCUT2D eigenvalue weighted by atomic mass is 10.3. The van der Waals surface area contributed by atoms with Gasteiger partial charge in [-0.2, -0.15) is 0 Å². The number of hydrogen-bond acceptors (Lipinski definition) is 3. The minimum atomic E-state index is -0.185. The summed E-state index contributed by atoms with van der Waals surface area (Å²) in [6.45, 7) is 4.63. The van der Waals surface area contributed by atoms with Crippen molar-refractivity contribution in [3.05, 3.63) is 30.1 Å². The Hall–Kier alpha value is -1.88. The molecule has 0 atom stereocenters. The van der Waals surface area contributed by atoms with Crippen molar-refractivity contribution >= 4 is 16.9 Å². The first-order chi connectivity index (χ1) is 8.71. The highest BCUT2D eigenvalue weighted by Crippen LogP contribution is 2.09. The molecule has 5 heteroatoms. The Bertz CT molecular complexity index is 459. The van der Waals surface area contributed by atoms with Gasteiger partial charge in [0.15, 0.2) is 0 Å². The molecule has 0 fully saturated rings. The van der Waals surface area contributed by atoms with Gasteiger partial charge in [0.25, 0.3) is 0 Å². The average Bonchev–Trinajstić information content (AvgIpc) is 2.79. The van der Waals surface area contributed by atoms with Gasteiger partial charge in [0, 0.05) is 0 Å². The number of hydrogen-bond donors (Lipinski definition) is 3. The monoisotopic (exact) mass is 248 g/mol. The summed E-state index contributed by atoms with van der Waals surface area (Å²) < 4.78 is 0. The van der Waals surface area contributed by atoms with E-state index in [1.165, 1.54) is 6.42 Å². The highest BCUT2D eigenvalue weighted by atomic mass is 16.1. The van der Waals surface area contributed by atoms with Gasteiger partial charge in [-0.25, -0.2) is 4.98 Å². The van der Waals surface area contributed by atoms with E-state index in [9.17, 15) is 4.79 Å². The number of rotatable bonds is 3. The van der Waals surface area contributed by atoms with Crippen molar-refractivity contribution in [3.8, 4) is 0 Å². The SMILES string of the molecule is CCC.NCC(=O)NCc1nc2ccccc2[nH]1. The lowest BCUT2D eigenvalue weighted by molar-refractivity contribution is -0.119. The largest absolute Gasteiger partial charge is 0.348 e. The molecule has 4 N–H and O–H groups in total. The van der Waals surface area contributed by atoms with Crippen LogP contribution in [0.3, 0.4) is 0 Å². The van der Waals surface area contributed by atoms with Crippen LogP contribution in [0.15, 0.2) is 24.3 Å². The van der Waals surface area contributed by atoms with Crippen LogP contribution in [-0.2, 0) is 11.3 Å². The van der Waals surface area contributed by atoms with Crippen LogP contribution in [0.1, 0.15) is 26.1 Å². The highest BCUT2D eigenvalue weighted by Gasteiger charge is 2.02.